The molecule has 1 aliphatic rings. The lowest BCUT2D eigenvalue weighted by Gasteiger charge is -2.30. The second-order valence-electron chi connectivity index (χ2n) is 9.03. The zero-order valence-electron chi connectivity index (χ0n) is 21.6. The van der Waals surface area contributed by atoms with Gasteiger partial charge in [-0.2, -0.15) is 22.7 Å². The van der Waals surface area contributed by atoms with Gasteiger partial charge < -0.3 is 30.3 Å². The van der Waals surface area contributed by atoms with Gasteiger partial charge in [0.15, 0.2) is 6.54 Å². The molecule has 4 N–H and O–H groups in total. The second kappa shape index (κ2) is 15.1. The summed E-state index contributed by atoms with van der Waals surface area (Å²) in [5.41, 5.74) is 6.25. The summed E-state index contributed by atoms with van der Waals surface area (Å²) >= 11 is 3.45. The quantitative estimate of drug-likeness (QED) is 0.339. The molecule has 1 aromatic carbocycles. The van der Waals surface area contributed by atoms with Crippen molar-refractivity contribution >= 4 is 46.1 Å². The number of carboxylic acid groups (broad SMARTS) is 2. The van der Waals surface area contributed by atoms with E-state index in [-0.39, 0.29) is 11.9 Å². The number of amides is 1. The lowest BCUT2D eigenvalue weighted by Crippen LogP contribution is -2.92. The fourth-order valence-electron chi connectivity index (χ4n) is 4.30. The van der Waals surface area contributed by atoms with Crippen molar-refractivity contribution in [2.45, 2.75) is 31.9 Å². The van der Waals surface area contributed by atoms with E-state index >= 15 is 0 Å². The van der Waals surface area contributed by atoms with Crippen molar-refractivity contribution in [2.24, 2.45) is 0 Å². The Labute approximate surface area is 235 Å². The average molecular weight is 569 g/mol. The van der Waals surface area contributed by atoms with Gasteiger partial charge in [0.1, 0.15) is 12.1 Å². The Bertz CT molecular complexity index is 1210. The number of piperidine rings is 1. The zero-order valence-corrected chi connectivity index (χ0v) is 23.2. The van der Waals surface area contributed by atoms with Gasteiger partial charge in [0, 0.05) is 19.2 Å². The number of aliphatic hydroxyl groups excluding tert-OH is 1. The second-order valence-corrected chi connectivity index (χ2v) is 10.6. The molecule has 206 valence electrons. The average Bonchev–Trinajstić information content (AvgIpc) is 3.67. The largest absolute Gasteiger partial charge is 0.545 e. The molecule has 1 saturated heterocycles. The van der Waals surface area contributed by atoms with Crippen LogP contribution in [0.2, 0.25) is 0 Å². The molecule has 2 atom stereocenters. The molecule has 0 bridgehead atoms. The number of quaternary nitrogens is 1. The first-order valence-corrected chi connectivity index (χ1v) is 14.4. The van der Waals surface area contributed by atoms with Gasteiger partial charge in [-0.1, -0.05) is 35.9 Å². The molecular weight excluding hydrogens is 536 g/mol. The fourth-order valence-corrected chi connectivity index (χ4v) is 5.60. The highest BCUT2D eigenvalue weighted by atomic mass is 32.1. The lowest BCUT2D eigenvalue weighted by atomic mass is 9.91. The van der Waals surface area contributed by atoms with Crippen molar-refractivity contribution in [1.82, 2.24) is 4.90 Å². The SMILES string of the molecule is CC([NH2+]CC(=O)N1CCC(=C(c2ccsc2)c2ccsc2)CC1)C(O)c1ccccc1.O=C([O-])/C=C/C(=O)O. The van der Waals surface area contributed by atoms with Crippen LogP contribution >= 0.6 is 22.7 Å². The summed E-state index contributed by atoms with van der Waals surface area (Å²) in [4.78, 5) is 33.7. The highest BCUT2D eigenvalue weighted by Crippen LogP contribution is 2.34. The molecule has 39 heavy (non-hydrogen) atoms. The number of carbonyl (C=O) groups excluding carboxylic acids is 2. The highest BCUT2D eigenvalue weighted by molar-refractivity contribution is 7.08. The van der Waals surface area contributed by atoms with Crippen LogP contribution in [0.25, 0.3) is 5.57 Å². The highest BCUT2D eigenvalue weighted by Gasteiger charge is 2.25. The molecule has 4 rings (SSSR count). The number of nitrogens with zero attached hydrogens (tertiary/aromatic N) is 1. The van der Waals surface area contributed by atoms with Crippen LogP contribution in [0.15, 0.2) is 81.7 Å². The number of aliphatic carboxylic acids is 2. The molecule has 0 radical (unpaired) electrons. The van der Waals surface area contributed by atoms with Gasteiger partial charge in [0.05, 0.1) is 5.97 Å². The van der Waals surface area contributed by atoms with Crippen molar-refractivity contribution < 1.29 is 35.0 Å². The Morgan fingerprint density at radius 2 is 1.59 bits per heavy atom. The van der Waals surface area contributed by atoms with Gasteiger partial charge in [-0.15, -0.1) is 0 Å². The molecule has 0 spiro atoms. The normalized spacial score (nSPS) is 14.8. The van der Waals surface area contributed by atoms with E-state index in [1.54, 1.807) is 22.7 Å². The van der Waals surface area contributed by atoms with E-state index in [1.807, 2.05) is 47.5 Å². The third kappa shape index (κ3) is 9.29. The summed E-state index contributed by atoms with van der Waals surface area (Å²) in [5, 5.41) is 38.4. The Hall–Kier alpha value is -3.57. The Morgan fingerprint density at radius 1 is 1.00 bits per heavy atom. The molecule has 10 heteroatoms. The fraction of sp³-hybridized carbons (Fsp3) is 0.276. The Morgan fingerprint density at radius 3 is 2.05 bits per heavy atom. The third-order valence-corrected chi connectivity index (χ3v) is 7.72. The number of carbonyl (C=O) groups is 3. The minimum atomic E-state index is -1.51. The topological polar surface area (TPSA) is 135 Å². The van der Waals surface area contributed by atoms with Gasteiger partial charge in [-0.25, -0.2) is 4.79 Å². The van der Waals surface area contributed by atoms with E-state index < -0.39 is 18.0 Å². The van der Waals surface area contributed by atoms with Crippen LogP contribution in [0.3, 0.4) is 0 Å². The van der Waals surface area contributed by atoms with Crippen LogP contribution < -0.4 is 10.4 Å². The first kappa shape index (κ1) is 30.0. The molecule has 3 heterocycles. The molecule has 1 amide bonds. The van der Waals surface area contributed by atoms with E-state index in [0.717, 1.165) is 31.5 Å². The van der Waals surface area contributed by atoms with Gasteiger partial charge in [0.2, 0.25) is 0 Å². The summed E-state index contributed by atoms with van der Waals surface area (Å²) in [5.74, 6) is -2.65. The maximum absolute atomic E-state index is 12.8. The molecule has 2 unspecified atom stereocenters. The maximum Gasteiger partial charge on any atom is 0.328 e. The molecule has 0 saturated carbocycles. The van der Waals surface area contributed by atoms with Gasteiger partial charge in [-0.05, 0) is 81.8 Å². The van der Waals surface area contributed by atoms with Gasteiger partial charge in [-0.3, -0.25) is 4.79 Å². The van der Waals surface area contributed by atoms with E-state index in [9.17, 15) is 24.6 Å². The first-order valence-electron chi connectivity index (χ1n) is 12.5. The van der Waals surface area contributed by atoms with Crippen molar-refractivity contribution in [3.63, 3.8) is 0 Å². The number of hydrogen-bond acceptors (Lipinski definition) is 7. The predicted molar refractivity (Wildman–Crippen MR) is 150 cm³/mol. The number of likely N-dealkylation sites (tertiary alicyclic amines) is 1. The minimum Gasteiger partial charge on any atom is -0.545 e. The summed E-state index contributed by atoms with van der Waals surface area (Å²) in [6, 6.07) is 13.9. The summed E-state index contributed by atoms with van der Waals surface area (Å²) in [6.45, 7) is 3.85. The molecule has 0 aliphatic carbocycles. The Kier molecular flexibility index (Phi) is 11.6. The van der Waals surface area contributed by atoms with Gasteiger partial charge in [0.25, 0.3) is 5.91 Å². The number of benzene rings is 1. The van der Waals surface area contributed by atoms with E-state index in [2.05, 4.69) is 33.7 Å². The summed E-state index contributed by atoms with van der Waals surface area (Å²) in [7, 11) is 0. The predicted octanol–water partition coefficient (Wildman–Crippen LogP) is 2.30. The van der Waals surface area contributed by atoms with Crippen LogP contribution in [-0.4, -0.2) is 58.6 Å². The number of rotatable bonds is 9. The molecule has 3 aromatic rings. The summed E-state index contributed by atoms with van der Waals surface area (Å²) in [6.07, 6.45) is 2.19. The lowest BCUT2D eigenvalue weighted by molar-refractivity contribution is -0.685. The molecular formula is C29H32N2O6S2. The van der Waals surface area contributed by atoms with Crippen LogP contribution in [0.1, 0.15) is 42.6 Å². The number of thiophene rings is 2. The van der Waals surface area contributed by atoms with Crippen molar-refractivity contribution in [1.29, 1.82) is 0 Å². The monoisotopic (exact) mass is 568 g/mol. The van der Waals surface area contributed by atoms with E-state index in [0.29, 0.717) is 18.7 Å². The molecule has 2 aromatic heterocycles. The van der Waals surface area contributed by atoms with E-state index in [4.69, 9.17) is 5.11 Å². The number of aliphatic hydroxyl groups is 1. The number of carboxylic acids is 2. The van der Waals surface area contributed by atoms with Crippen molar-refractivity contribution in [2.75, 3.05) is 19.6 Å². The van der Waals surface area contributed by atoms with Crippen LogP contribution in [-0.2, 0) is 14.4 Å². The first-order chi connectivity index (χ1) is 18.8. The third-order valence-electron chi connectivity index (χ3n) is 6.36. The molecule has 8 nitrogen and oxygen atoms in total. The molecule has 1 aliphatic heterocycles. The van der Waals surface area contributed by atoms with Crippen LogP contribution in [0.5, 0.6) is 0 Å². The number of hydrogen-bond donors (Lipinski definition) is 3. The zero-order chi connectivity index (χ0) is 28.2. The van der Waals surface area contributed by atoms with Crippen LogP contribution in [0.4, 0.5) is 0 Å². The maximum atomic E-state index is 12.8. The number of nitrogens with two attached hydrogens (primary N) is 1. The van der Waals surface area contributed by atoms with E-state index in [1.165, 1.54) is 22.3 Å². The van der Waals surface area contributed by atoms with Crippen molar-refractivity contribution in [3.05, 3.63) is 98.4 Å². The molecule has 1 fully saturated rings. The smallest absolute Gasteiger partial charge is 0.328 e. The van der Waals surface area contributed by atoms with Crippen molar-refractivity contribution in [3.8, 4) is 0 Å². The van der Waals surface area contributed by atoms with Gasteiger partial charge >= 0.3 is 5.97 Å². The standard InChI is InChI=1S/C25H28N2O2S2.C4H4O4/c1-18(25(29)20-5-3-2-4-6-20)26-15-23(28)27-11-7-19(8-12-27)24(21-9-13-30-16-21)22-10-14-31-17-22;5-3(6)1-2-4(7)8/h2-6,9-10,13-14,16-18,25-26,29H,7-8,11-12,15H2,1H3;1-2H,(H,5,6)(H,7,8)/b;2-1+. The van der Waals surface area contributed by atoms with Crippen LogP contribution in [0, 0.1) is 0 Å². The minimum absolute atomic E-state index is 0.0737. The summed E-state index contributed by atoms with van der Waals surface area (Å²) < 4.78 is 0. The Balaban J connectivity index is 0.000000459.